The second kappa shape index (κ2) is 7.08. The normalized spacial score (nSPS) is 10.1. The standard InChI is InChI=1S/C12H20N4O2S/c1-8-9(2)19-11(15-8)5-6-13-10(17)7-14-12(18)16(3)4/h5-7H2,1-4H3,(H,13,17)(H,14,18). The second-order valence-corrected chi connectivity index (χ2v) is 5.69. The molecule has 3 amide bonds. The van der Waals surface area contributed by atoms with Crippen LogP contribution in [0.5, 0.6) is 0 Å². The van der Waals surface area contributed by atoms with E-state index in [0.29, 0.717) is 13.0 Å². The maximum Gasteiger partial charge on any atom is 0.317 e. The zero-order valence-corrected chi connectivity index (χ0v) is 12.6. The molecule has 19 heavy (non-hydrogen) atoms. The van der Waals surface area contributed by atoms with Crippen molar-refractivity contribution >= 4 is 23.3 Å². The van der Waals surface area contributed by atoms with Crippen LogP contribution in [0.3, 0.4) is 0 Å². The molecule has 0 aliphatic carbocycles. The number of aromatic nitrogens is 1. The average Bonchev–Trinajstić information content (AvgIpc) is 2.65. The van der Waals surface area contributed by atoms with Crippen molar-refractivity contribution in [3.05, 3.63) is 15.6 Å². The lowest BCUT2D eigenvalue weighted by molar-refractivity contribution is -0.120. The predicted octanol–water partition coefficient (Wildman–Crippen LogP) is 0.690. The van der Waals surface area contributed by atoms with Crippen molar-refractivity contribution in [3.63, 3.8) is 0 Å². The molecule has 0 aliphatic heterocycles. The van der Waals surface area contributed by atoms with Crippen LogP contribution >= 0.6 is 11.3 Å². The quantitative estimate of drug-likeness (QED) is 0.835. The maximum absolute atomic E-state index is 11.5. The molecule has 6 nitrogen and oxygen atoms in total. The highest BCUT2D eigenvalue weighted by Crippen LogP contribution is 2.16. The fourth-order valence-corrected chi connectivity index (χ4v) is 2.26. The Bertz CT molecular complexity index is 437. The summed E-state index contributed by atoms with van der Waals surface area (Å²) in [6, 6.07) is -0.277. The fourth-order valence-electron chi connectivity index (χ4n) is 1.33. The van der Waals surface area contributed by atoms with Gasteiger partial charge in [-0.05, 0) is 13.8 Å². The first-order valence-electron chi connectivity index (χ1n) is 6.05. The summed E-state index contributed by atoms with van der Waals surface area (Å²) in [6.45, 7) is 4.53. The molecule has 1 heterocycles. The van der Waals surface area contributed by atoms with Crippen LogP contribution in [-0.2, 0) is 11.2 Å². The summed E-state index contributed by atoms with van der Waals surface area (Å²) in [5, 5.41) is 6.28. The van der Waals surface area contributed by atoms with Gasteiger partial charge in [-0.3, -0.25) is 4.79 Å². The number of carbonyl (C=O) groups is 2. The lowest BCUT2D eigenvalue weighted by Crippen LogP contribution is -2.41. The van der Waals surface area contributed by atoms with E-state index in [4.69, 9.17) is 0 Å². The van der Waals surface area contributed by atoms with Crippen LogP contribution in [0.2, 0.25) is 0 Å². The van der Waals surface area contributed by atoms with Crippen LogP contribution in [0, 0.1) is 13.8 Å². The Hall–Kier alpha value is -1.63. The molecule has 106 valence electrons. The Labute approximate surface area is 117 Å². The van der Waals surface area contributed by atoms with Crippen molar-refractivity contribution < 1.29 is 9.59 Å². The van der Waals surface area contributed by atoms with Crippen LogP contribution < -0.4 is 10.6 Å². The number of nitrogens with one attached hydrogen (secondary N) is 2. The number of amides is 3. The van der Waals surface area contributed by atoms with Crippen LogP contribution in [-0.4, -0.2) is 49.0 Å². The largest absolute Gasteiger partial charge is 0.354 e. The molecule has 0 fully saturated rings. The number of rotatable bonds is 5. The lowest BCUT2D eigenvalue weighted by Gasteiger charge is -2.11. The first kappa shape index (κ1) is 15.4. The zero-order chi connectivity index (χ0) is 14.4. The number of carbonyl (C=O) groups excluding carboxylic acids is 2. The summed E-state index contributed by atoms with van der Waals surface area (Å²) in [5.74, 6) is -0.194. The predicted molar refractivity (Wildman–Crippen MR) is 75.4 cm³/mol. The van der Waals surface area contributed by atoms with Crippen molar-refractivity contribution in [2.45, 2.75) is 20.3 Å². The maximum atomic E-state index is 11.5. The van der Waals surface area contributed by atoms with E-state index >= 15 is 0 Å². The van der Waals surface area contributed by atoms with Gasteiger partial charge in [0.05, 0.1) is 17.2 Å². The van der Waals surface area contributed by atoms with Gasteiger partial charge in [0.1, 0.15) is 0 Å². The van der Waals surface area contributed by atoms with Crippen molar-refractivity contribution in [1.29, 1.82) is 0 Å². The molecule has 0 radical (unpaired) electrons. The van der Waals surface area contributed by atoms with Crippen LogP contribution in [0.25, 0.3) is 0 Å². The Morgan fingerprint density at radius 1 is 1.26 bits per heavy atom. The highest BCUT2D eigenvalue weighted by molar-refractivity contribution is 7.11. The molecule has 1 rings (SSSR count). The molecule has 1 aromatic rings. The van der Waals surface area contributed by atoms with Gasteiger partial charge in [-0.15, -0.1) is 11.3 Å². The lowest BCUT2D eigenvalue weighted by atomic mass is 10.4. The molecule has 0 saturated carbocycles. The van der Waals surface area contributed by atoms with E-state index in [-0.39, 0.29) is 18.5 Å². The van der Waals surface area contributed by atoms with Crippen LogP contribution in [0.1, 0.15) is 15.6 Å². The van der Waals surface area contributed by atoms with Gasteiger partial charge in [-0.2, -0.15) is 0 Å². The van der Waals surface area contributed by atoms with Gasteiger partial charge in [-0.25, -0.2) is 9.78 Å². The van der Waals surface area contributed by atoms with E-state index in [0.717, 1.165) is 10.7 Å². The van der Waals surface area contributed by atoms with E-state index in [1.165, 1.54) is 9.78 Å². The van der Waals surface area contributed by atoms with E-state index in [1.807, 2.05) is 13.8 Å². The van der Waals surface area contributed by atoms with Crippen molar-refractivity contribution in [2.75, 3.05) is 27.2 Å². The summed E-state index contributed by atoms with van der Waals surface area (Å²) in [6.07, 6.45) is 0.715. The number of hydrogen-bond acceptors (Lipinski definition) is 4. The van der Waals surface area contributed by atoms with E-state index in [1.54, 1.807) is 25.4 Å². The number of aryl methyl sites for hydroxylation is 2. The summed E-state index contributed by atoms with van der Waals surface area (Å²) >= 11 is 1.65. The molecule has 0 aromatic carbocycles. The van der Waals surface area contributed by atoms with Gasteiger partial charge < -0.3 is 15.5 Å². The highest BCUT2D eigenvalue weighted by Gasteiger charge is 2.07. The Morgan fingerprint density at radius 3 is 2.47 bits per heavy atom. The highest BCUT2D eigenvalue weighted by atomic mass is 32.1. The number of nitrogens with zero attached hydrogens (tertiary/aromatic N) is 2. The smallest absolute Gasteiger partial charge is 0.317 e. The monoisotopic (exact) mass is 284 g/mol. The molecule has 0 bridgehead atoms. The van der Waals surface area contributed by atoms with Crippen molar-refractivity contribution in [2.24, 2.45) is 0 Å². The van der Waals surface area contributed by atoms with Gasteiger partial charge in [0.2, 0.25) is 5.91 Å². The minimum atomic E-state index is -0.277. The van der Waals surface area contributed by atoms with Crippen LogP contribution in [0.4, 0.5) is 4.79 Å². The molecule has 2 N–H and O–H groups in total. The van der Waals surface area contributed by atoms with E-state index in [2.05, 4.69) is 15.6 Å². The van der Waals surface area contributed by atoms with Crippen molar-refractivity contribution in [1.82, 2.24) is 20.5 Å². The first-order chi connectivity index (χ1) is 8.90. The zero-order valence-electron chi connectivity index (χ0n) is 11.7. The van der Waals surface area contributed by atoms with Gasteiger partial charge in [0.25, 0.3) is 0 Å². The number of urea groups is 1. The topological polar surface area (TPSA) is 74.3 Å². The third-order valence-corrected chi connectivity index (χ3v) is 3.67. The molecule has 1 aromatic heterocycles. The molecule has 0 aliphatic rings. The Kier molecular flexibility index (Phi) is 5.75. The first-order valence-corrected chi connectivity index (χ1v) is 6.86. The number of hydrogen-bond donors (Lipinski definition) is 2. The SMILES string of the molecule is Cc1nc(CCNC(=O)CNC(=O)N(C)C)sc1C. The summed E-state index contributed by atoms with van der Waals surface area (Å²) in [7, 11) is 3.25. The van der Waals surface area contributed by atoms with Crippen LogP contribution in [0.15, 0.2) is 0 Å². The summed E-state index contributed by atoms with van der Waals surface area (Å²) < 4.78 is 0. The minimum Gasteiger partial charge on any atom is -0.354 e. The molecule has 0 saturated heterocycles. The van der Waals surface area contributed by atoms with Gasteiger partial charge >= 0.3 is 6.03 Å². The molecular weight excluding hydrogens is 264 g/mol. The summed E-state index contributed by atoms with van der Waals surface area (Å²) in [5.41, 5.74) is 1.05. The number of thiazole rings is 1. The van der Waals surface area contributed by atoms with E-state index in [9.17, 15) is 9.59 Å². The Morgan fingerprint density at radius 2 is 1.95 bits per heavy atom. The molecular formula is C12H20N4O2S. The molecule has 7 heteroatoms. The van der Waals surface area contributed by atoms with Crippen molar-refractivity contribution in [3.8, 4) is 0 Å². The van der Waals surface area contributed by atoms with Gasteiger partial charge in [-0.1, -0.05) is 0 Å². The van der Waals surface area contributed by atoms with Gasteiger partial charge in [0, 0.05) is 31.9 Å². The fraction of sp³-hybridized carbons (Fsp3) is 0.583. The van der Waals surface area contributed by atoms with Gasteiger partial charge in [0.15, 0.2) is 0 Å². The second-order valence-electron chi connectivity index (χ2n) is 4.40. The van der Waals surface area contributed by atoms with E-state index < -0.39 is 0 Å². The average molecular weight is 284 g/mol. The minimum absolute atomic E-state index is 0.00701. The molecule has 0 spiro atoms. The third kappa shape index (κ3) is 5.25. The molecule has 0 unspecified atom stereocenters. The molecule has 0 atom stereocenters. The Balaban J connectivity index is 2.22. The third-order valence-electron chi connectivity index (χ3n) is 2.54. The summed E-state index contributed by atoms with van der Waals surface area (Å²) in [4.78, 5) is 29.7.